The summed E-state index contributed by atoms with van der Waals surface area (Å²) in [6.07, 6.45) is 2.66. The lowest BCUT2D eigenvalue weighted by atomic mass is 10.1. The highest BCUT2D eigenvalue weighted by molar-refractivity contribution is 6.02. The SMILES string of the molecule is COc1cccc(/C=C/C(=O)Nc2cc(C)cc(C)c2)c1OC(F)F. The van der Waals surface area contributed by atoms with Gasteiger partial charge in [0.2, 0.25) is 5.91 Å². The Hall–Kier alpha value is -2.89. The van der Waals surface area contributed by atoms with Crippen molar-refractivity contribution in [2.45, 2.75) is 20.5 Å². The van der Waals surface area contributed by atoms with Gasteiger partial charge in [0, 0.05) is 17.3 Å². The molecule has 0 saturated carbocycles. The third-order valence-electron chi connectivity index (χ3n) is 3.34. The van der Waals surface area contributed by atoms with Gasteiger partial charge in [-0.2, -0.15) is 8.78 Å². The highest BCUT2D eigenvalue weighted by Gasteiger charge is 2.14. The molecule has 4 nitrogen and oxygen atoms in total. The molecule has 0 aromatic heterocycles. The molecule has 2 aromatic rings. The van der Waals surface area contributed by atoms with Gasteiger partial charge in [0.25, 0.3) is 0 Å². The Morgan fingerprint density at radius 2 is 1.84 bits per heavy atom. The summed E-state index contributed by atoms with van der Waals surface area (Å²) in [6.45, 7) is 0.873. The molecule has 2 rings (SSSR count). The van der Waals surface area contributed by atoms with Gasteiger partial charge in [0.15, 0.2) is 11.5 Å². The van der Waals surface area contributed by atoms with Crippen LogP contribution in [-0.2, 0) is 4.79 Å². The van der Waals surface area contributed by atoms with E-state index in [4.69, 9.17) is 4.74 Å². The van der Waals surface area contributed by atoms with Crippen molar-refractivity contribution in [3.8, 4) is 11.5 Å². The summed E-state index contributed by atoms with van der Waals surface area (Å²) in [5.41, 5.74) is 3.04. The molecule has 6 heteroatoms. The quantitative estimate of drug-likeness (QED) is 0.779. The van der Waals surface area contributed by atoms with Crippen LogP contribution in [0.1, 0.15) is 16.7 Å². The average Bonchev–Trinajstić information content (AvgIpc) is 2.52. The molecule has 25 heavy (non-hydrogen) atoms. The topological polar surface area (TPSA) is 47.6 Å². The molecule has 0 fully saturated rings. The summed E-state index contributed by atoms with van der Waals surface area (Å²) in [5, 5.41) is 2.74. The molecular weight excluding hydrogens is 328 g/mol. The van der Waals surface area contributed by atoms with Crippen LogP contribution in [0.25, 0.3) is 6.08 Å². The first-order valence-corrected chi connectivity index (χ1v) is 7.58. The Balaban J connectivity index is 2.19. The van der Waals surface area contributed by atoms with Gasteiger partial charge in [-0.05, 0) is 49.2 Å². The number of alkyl halides is 2. The normalized spacial score (nSPS) is 11.0. The standard InChI is InChI=1S/C19H19F2NO3/c1-12-9-13(2)11-15(10-12)22-17(23)8-7-14-5-4-6-16(24-3)18(14)25-19(20)21/h4-11,19H,1-3H3,(H,22,23)/b8-7+. The third-order valence-corrected chi connectivity index (χ3v) is 3.34. The van der Waals surface area contributed by atoms with Crippen LogP contribution in [-0.4, -0.2) is 19.6 Å². The molecule has 0 heterocycles. The highest BCUT2D eigenvalue weighted by Crippen LogP contribution is 2.33. The lowest BCUT2D eigenvalue weighted by molar-refractivity contribution is -0.111. The van der Waals surface area contributed by atoms with Crippen LogP contribution in [0, 0.1) is 13.8 Å². The van der Waals surface area contributed by atoms with E-state index >= 15 is 0 Å². The fourth-order valence-electron chi connectivity index (χ4n) is 2.44. The molecule has 0 spiro atoms. The van der Waals surface area contributed by atoms with Crippen molar-refractivity contribution < 1.29 is 23.0 Å². The number of halogens is 2. The van der Waals surface area contributed by atoms with Crippen LogP contribution in [0.3, 0.4) is 0 Å². The van der Waals surface area contributed by atoms with Gasteiger partial charge in [0.05, 0.1) is 7.11 Å². The first-order valence-electron chi connectivity index (χ1n) is 7.58. The molecule has 132 valence electrons. The van der Waals surface area contributed by atoms with Crippen molar-refractivity contribution in [3.05, 3.63) is 59.2 Å². The van der Waals surface area contributed by atoms with Crippen LogP contribution >= 0.6 is 0 Å². The minimum absolute atomic E-state index is 0.115. The lowest BCUT2D eigenvalue weighted by Gasteiger charge is -2.12. The van der Waals surface area contributed by atoms with E-state index in [-0.39, 0.29) is 17.4 Å². The van der Waals surface area contributed by atoms with E-state index in [0.29, 0.717) is 11.3 Å². The first kappa shape index (κ1) is 18.4. The minimum atomic E-state index is -2.99. The monoisotopic (exact) mass is 347 g/mol. The number of anilines is 1. The molecule has 0 radical (unpaired) electrons. The molecule has 0 atom stereocenters. The number of amides is 1. The van der Waals surface area contributed by atoms with Crippen LogP contribution < -0.4 is 14.8 Å². The van der Waals surface area contributed by atoms with Crippen molar-refractivity contribution in [3.63, 3.8) is 0 Å². The van der Waals surface area contributed by atoms with Crippen LogP contribution in [0.5, 0.6) is 11.5 Å². The Morgan fingerprint density at radius 1 is 1.16 bits per heavy atom. The minimum Gasteiger partial charge on any atom is -0.493 e. The van der Waals surface area contributed by atoms with Crippen molar-refractivity contribution in [1.29, 1.82) is 0 Å². The fourth-order valence-corrected chi connectivity index (χ4v) is 2.44. The second kappa shape index (κ2) is 8.28. The summed E-state index contributed by atoms with van der Waals surface area (Å²) in [5.74, 6) is -0.330. The summed E-state index contributed by atoms with van der Waals surface area (Å²) in [4.78, 5) is 12.1. The maximum Gasteiger partial charge on any atom is 0.387 e. The van der Waals surface area contributed by atoms with E-state index in [1.54, 1.807) is 12.1 Å². The number of methoxy groups -OCH3 is 1. The second-order valence-electron chi connectivity index (χ2n) is 5.46. The van der Waals surface area contributed by atoms with Gasteiger partial charge >= 0.3 is 6.61 Å². The van der Waals surface area contributed by atoms with Crippen molar-refractivity contribution >= 4 is 17.7 Å². The Bertz CT molecular complexity index is 768. The highest BCUT2D eigenvalue weighted by atomic mass is 19.3. The smallest absolute Gasteiger partial charge is 0.387 e. The third kappa shape index (κ3) is 5.31. The fraction of sp³-hybridized carbons (Fsp3) is 0.211. The predicted molar refractivity (Wildman–Crippen MR) is 93.2 cm³/mol. The van der Waals surface area contributed by atoms with Gasteiger partial charge in [-0.25, -0.2) is 0 Å². The van der Waals surface area contributed by atoms with E-state index in [9.17, 15) is 13.6 Å². The predicted octanol–water partition coefficient (Wildman–Crippen LogP) is 4.57. The van der Waals surface area contributed by atoms with Crippen LogP contribution in [0.4, 0.5) is 14.5 Å². The van der Waals surface area contributed by atoms with E-state index in [0.717, 1.165) is 11.1 Å². The van der Waals surface area contributed by atoms with Crippen molar-refractivity contribution in [2.24, 2.45) is 0 Å². The number of rotatable bonds is 6. The number of carbonyl (C=O) groups excluding carboxylic acids is 1. The summed E-state index contributed by atoms with van der Waals surface area (Å²) >= 11 is 0. The van der Waals surface area contributed by atoms with E-state index < -0.39 is 6.61 Å². The van der Waals surface area contributed by atoms with E-state index in [1.165, 1.54) is 25.3 Å². The summed E-state index contributed by atoms with van der Waals surface area (Å²) in [6, 6.07) is 10.4. The molecular formula is C19H19F2NO3. The molecule has 0 unspecified atom stereocenters. The number of carbonyl (C=O) groups is 1. The molecule has 0 aliphatic carbocycles. The van der Waals surface area contributed by atoms with Gasteiger partial charge < -0.3 is 14.8 Å². The summed E-state index contributed by atoms with van der Waals surface area (Å²) < 4.78 is 34.7. The lowest BCUT2D eigenvalue weighted by Crippen LogP contribution is -2.08. The van der Waals surface area contributed by atoms with Gasteiger partial charge in [0.1, 0.15) is 0 Å². The molecule has 2 aromatic carbocycles. The van der Waals surface area contributed by atoms with Gasteiger partial charge in [-0.3, -0.25) is 4.79 Å². The second-order valence-corrected chi connectivity index (χ2v) is 5.46. The Labute approximate surface area is 145 Å². The molecule has 0 saturated heterocycles. The maximum absolute atomic E-state index is 12.6. The number of benzene rings is 2. The molecule has 1 N–H and O–H groups in total. The zero-order valence-corrected chi connectivity index (χ0v) is 14.2. The maximum atomic E-state index is 12.6. The number of hydrogen-bond donors (Lipinski definition) is 1. The number of para-hydroxylation sites is 1. The Morgan fingerprint density at radius 3 is 2.44 bits per heavy atom. The molecule has 0 aliphatic heterocycles. The van der Waals surface area contributed by atoms with Crippen molar-refractivity contribution in [2.75, 3.05) is 12.4 Å². The number of nitrogens with one attached hydrogen (secondary N) is 1. The van der Waals surface area contributed by atoms with Gasteiger partial charge in [-0.15, -0.1) is 0 Å². The summed E-state index contributed by atoms with van der Waals surface area (Å²) in [7, 11) is 1.36. The first-order chi connectivity index (χ1) is 11.9. The average molecular weight is 347 g/mol. The zero-order chi connectivity index (χ0) is 18.4. The van der Waals surface area contributed by atoms with Crippen LogP contribution in [0.15, 0.2) is 42.5 Å². The molecule has 0 bridgehead atoms. The molecule has 1 amide bonds. The number of ether oxygens (including phenoxy) is 2. The number of aryl methyl sites for hydroxylation is 2. The van der Waals surface area contributed by atoms with E-state index in [1.807, 2.05) is 32.0 Å². The zero-order valence-electron chi connectivity index (χ0n) is 14.2. The van der Waals surface area contributed by atoms with Gasteiger partial charge in [-0.1, -0.05) is 18.2 Å². The Kier molecular flexibility index (Phi) is 6.11. The van der Waals surface area contributed by atoms with Crippen LogP contribution in [0.2, 0.25) is 0 Å². The van der Waals surface area contributed by atoms with Crippen molar-refractivity contribution in [1.82, 2.24) is 0 Å². The molecule has 0 aliphatic rings. The number of hydrogen-bond acceptors (Lipinski definition) is 3. The largest absolute Gasteiger partial charge is 0.493 e. The van der Waals surface area contributed by atoms with E-state index in [2.05, 4.69) is 10.1 Å².